The molecule has 0 spiro atoms. The number of nitro benzene ring substituents is 1. The standard InChI is InChI=1S/C9H8Cl2N2O7S/c10-4-1-2-6(7(11)8(4)13(17)18)21(19,20)12-5(3-14)9(15)16/h1-2,5,12,14H,3H2,(H,15,16)/t5-/m0/s1. The smallest absolute Gasteiger partial charge is 0.324 e. The van der Waals surface area contributed by atoms with Gasteiger partial charge in [-0.05, 0) is 12.1 Å². The fourth-order valence-electron chi connectivity index (χ4n) is 1.31. The van der Waals surface area contributed by atoms with Crippen LogP contribution in [0, 0.1) is 10.1 Å². The van der Waals surface area contributed by atoms with E-state index < -0.39 is 49.2 Å². The number of nitrogens with one attached hydrogen (secondary N) is 1. The molecular weight excluding hydrogens is 351 g/mol. The number of aliphatic carboxylic acids is 1. The Labute approximate surface area is 128 Å². The lowest BCUT2D eigenvalue weighted by Crippen LogP contribution is -2.43. The van der Waals surface area contributed by atoms with Gasteiger partial charge in [0.05, 0.1) is 11.5 Å². The first-order valence-corrected chi connectivity index (χ1v) is 7.34. The molecule has 21 heavy (non-hydrogen) atoms. The van der Waals surface area contributed by atoms with Crippen molar-refractivity contribution in [3.05, 3.63) is 32.3 Å². The molecule has 1 aromatic carbocycles. The maximum atomic E-state index is 12.0. The normalized spacial score (nSPS) is 12.9. The van der Waals surface area contributed by atoms with Gasteiger partial charge in [0.15, 0.2) is 0 Å². The third kappa shape index (κ3) is 3.80. The third-order valence-electron chi connectivity index (χ3n) is 2.28. The van der Waals surface area contributed by atoms with Gasteiger partial charge >= 0.3 is 11.7 Å². The van der Waals surface area contributed by atoms with Crippen molar-refractivity contribution in [3.8, 4) is 0 Å². The second kappa shape index (κ2) is 6.54. The molecule has 0 fully saturated rings. The number of aliphatic hydroxyl groups is 1. The van der Waals surface area contributed by atoms with Gasteiger partial charge in [-0.25, -0.2) is 8.42 Å². The summed E-state index contributed by atoms with van der Waals surface area (Å²) in [6.07, 6.45) is 0. The molecular formula is C9H8Cl2N2O7S. The number of benzene rings is 1. The van der Waals surface area contributed by atoms with E-state index in [2.05, 4.69) is 0 Å². The summed E-state index contributed by atoms with van der Waals surface area (Å²) in [7, 11) is -4.51. The van der Waals surface area contributed by atoms with Gasteiger partial charge in [-0.15, -0.1) is 0 Å². The molecule has 0 aliphatic rings. The van der Waals surface area contributed by atoms with Crippen LogP contribution in [0.15, 0.2) is 17.0 Å². The van der Waals surface area contributed by atoms with E-state index in [-0.39, 0.29) is 5.02 Å². The predicted molar refractivity (Wildman–Crippen MR) is 71.9 cm³/mol. The molecule has 0 aliphatic heterocycles. The molecule has 0 saturated carbocycles. The van der Waals surface area contributed by atoms with E-state index in [4.69, 9.17) is 33.4 Å². The van der Waals surface area contributed by atoms with Crippen LogP contribution < -0.4 is 4.72 Å². The quantitative estimate of drug-likeness (QED) is 0.498. The Balaban J connectivity index is 3.36. The van der Waals surface area contributed by atoms with Gasteiger partial charge in [0.1, 0.15) is 21.0 Å². The zero-order valence-corrected chi connectivity index (χ0v) is 12.3. The van der Waals surface area contributed by atoms with Crippen molar-refractivity contribution in [2.75, 3.05) is 6.61 Å². The highest BCUT2D eigenvalue weighted by molar-refractivity contribution is 7.89. The largest absolute Gasteiger partial charge is 0.480 e. The van der Waals surface area contributed by atoms with E-state index in [1.54, 1.807) is 4.72 Å². The zero-order chi connectivity index (χ0) is 16.4. The molecule has 1 aromatic rings. The Morgan fingerprint density at radius 2 is 2.00 bits per heavy atom. The number of hydrogen-bond acceptors (Lipinski definition) is 6. The lowest BCUT2D eigenvalue weighted by molar-refractivity contribution is -0.384. The van der Waals surface area contributed by atoms with Crippen LogP contribution >= 0.6 is 23.2 Å². The highest BCUT2D eigenvalue weighted by Crippen LogP contribution is 2.37. The molecule has 0 unspecified atom stereocenters. The first-order valence-electron chi connectivity index (χ1n) is 5.10. The number of nitro groups is 1. The summed E-state index contributed by atoms with van der Waals surface area (Å²) in [5, 5.41) is 27.1. The van der Waals surface area contributed by atoms with Crippen molar-refractivity contribution in [1.29, 1.82) is 0 Å². The third-order valence-corrected chi connectivity index (χ3v) is 4.60. The molecule has 0 aliphatic carbocycles. The van der Waals surface area contributed by atoms with Crippen LogP contribution in [0.5, 0.6) is 0 Å². The van der Waals surface area contributed by atoms with E-state index in [1.807, 2.05) is 0 Å². The van der Waals surface area contributed by atoms with E-state index in [9.17, 15) is 23.3 Å². The number of nitrogens with zero attached hydrogens (tertiary/aromatic N) is 1. The molecule has 9 nitrogen and oxygen atoms in total. The summed E-state index contributed by atoms with van der Waals surface area (Å²) in [4.78, 5) is 19.8. The lowest BCUT2D eigenvalue weighted by Gasteiger charge is -2.13. The van der Waals surface area contributed by atoms with Crippen molar-refractivity contribution in [3.63, 3.8) is 0 Å². The van der Waals surface area contributed by atoms with Crippen molar-refractivity contribution in [2.45, 2.75) is 10.9 Å². The van der Waals surface area contributed by atoms with Crippen LogP contribution in [0.4, 0.5) is 5.69 Å². The van der Waals surface area contributed by atoms with Gasteiger partial charge in [0.2, 0.25) is 10.0 Å². The first-order chi connectivity index (χ1) is 9.61. The molecule has 0 radical (unpaired) electrons. The molecule has 0 bridgehead atoms. The predicted octanol–water partition coefficient (Wildman–Crippen LogP) is 0.625. The molecule has 1 atom stereocenters. The topological polar surface area (TPSA) is 147 Å². The van der Waals surface area contributed by atoms with Crippen LogP contribution in [-0.4, -0.2) is 42.2 Å². The van der Waals surface area contributed by atoms with E-state index in [1.165, 1.54) is 0 Å². The number of carbonyl (C=O) groups is 1. The van der Waals surface area contributed by atoms with Crippen molar-refractivity contribution >= 4 is 44.9 Å². The Morgan fingerprint density at radius 1 is 1.43 bits per heavy atom. The Morgan fingerprint density at radius 3 is 2.43 bits per heavy atom. The minimum atomic E-state index is -4.51. The second-order valence-corrected chi connectivity index (χ2v) is 6.13. The first kappa shape index (κ1) is 17.6. The second-order valence-electron chi connectivity index (χ2n) is 3.66. The average molecular weight is 359 g/mol. The van der Waals surface area contributed by atoms with Crippen LogP contribution in [-0.2, 0) is 14.8 Å². The number of halogens is 2. The van der Waals surface area contributed by atoms with Gasteiger partial charge in [-0.3, -0.25) is 14.9 Å². The SMILES string of the molecule is O=C(O)[C@H](CO)NS(=O)(=O)c1ccc(Cl)c([N+](=O)[O-])c1Cl. The van der Waals surface area contributed by atoms with Crippen molar-refractivity contribution in [2.24, 2.45) is 0 Å². The maximum absolute atomic E-state index is 12.0. The number of aliphatic hydroxyl groups excluding tert-OH is 1. The van der Waals surface area contributed by atoms with Gasteiger partial charge in [0, 0.05) is 0 Å². The average Bonchev–Trinajstić information content (AvgIpc) is 2.34. The molecule has 0 saturated heterocycles. The maximum Gasteiger partial charge on any atom is 0.324 e. The minimum absolute atomic E-state index is 0.374. The Kier molecular flexibility index (Phi) is 5.48. The number of rotatable bonds is 6. The van der Waals surface area contributed by atoms with Crippen LogP contribution in [0.25, 0.3) is 0 Å². The molecule has 12 heteroatoms. The van der Waals surface area contributed by atoms with E-state index >= 15 is 0 Å². The molecule has 116 valence electrons. The van der Waals surface area contributed by atoms with Gasteiger partial charge in [0.25, 0.3) is 0 Å². The zero-order valence-electron chi connectivity index (χ0n) is 9.99. The number of sulfonamides is 1. The molecule has 0 amide bonds. The van der Waals surface area contributed by atoms with Gasteiger partial charge < -0.3 is 10.2 Å². The highest BCUT2D eigenvalue weighted by Gasteiger charge is 2.31. The monoisotopic (exact) mass is 358 g/mol. The highest BCUT2D eigenvalue weighted by atomic mass is 35.5. The summed E-state index contributed by atoms with van der Waals surface area (Å²) in [5.74, 6) is -1.62. The Bertz CT molecular complexity index is 692. The summed E-state index contributed by atoms with van der Waals surface area (Å²) in [6.45, 7) is -1.01. The number of carboxylic acids is 1. The van der Waals surface area contributed by atoms with Crippen LogP contribution in [0.2, 0.25) is 10.0 Å². The number of hydrogen-bond donors (Lipinski definition) is 3. The summed E-state index contributed by atoms with van der Waals surface area (Å²) in [5.41, 5.74) is -0.822. The van der Waals surface area contributed by atoms with Crippen LogP contribution in [0.3, 0.4) is 0 Å². The number of carboxylic acid groups (broad SMARTS) is 1. The van der Waals surface area contributed by atoms with Crippen molar-refractivity contribution < 1.29 is 28.3 Å². The van der Waals surface area contributed by atoms with Gasteiger partial charge in [-0.1, -0.05) is 23.2 Å². The molecule has 0 aromatic heterocycles. The lowest BCUT2D eigenvalue weighted by atomic mass is 10.3. The molecule has 3 N–H and O–H groups in total. The fraction of sp³-hybridized carbons (Fsp3) is 0.222. The van der Waals surface area contributed by atoms with E-state index in [0.29, 0.717) is 0 Å². The minimum Gasteiger partial charge on any atom is -0.480 e. The van der Waals surface area contributed by atoms with Crippen molar-refractivity contribution in [1.82, 2.24) is 4.72 Å². The van der Waals surface area contributed by atoms with Crippen LogP contribution in [0.1, 0.15) is 0 Å². The summed E-state index contributed by atoms with van der Waals surface area (Å²) < 4.78 is 25.6. The molecule has 1 rings (SSSR count). The summed E-state index contributed by atoms with van der Waals surface area (Å²) >= 11 is 11.2. The summed E-state index contributed by atoms with van der Waals surface area (Å²) in [6, 6.07) is 0.00584. The fourth-order valence-corrected chi connectivity index (χ4v) is 3.38. The van der Waals surface area contributed by atoms with Gasteiger partial charge in [-0.2, -0.15) is 4.72 Å². The van der Waals surface area contributed by atoms with E-state index in [0.717, 1.165) is 12.1 Å². The Hall–Kier alpha value is -1.46. The molecule has 0 heterocycles.